The van der Waals surface area contributed by atoms with E-state index < -0.39 is 5.97 Å². The van der Waals surface area contributed by atoms with Gasteiger partial charge in [0, 0.05) is 12.5 Å². The summed E-state index contributed by atoms with van der Waals surface area (Å²) in [5.41, 5.74) is 2.09. The first-order valence-corrected chi connectivity index (χ1v) is 9.53. The quantitative estimate of drug-likeness (QED) is 0.888. The number of aliphatic carboxylic acids is 1. The molecule has 2 aliphatic carbocycles. The first kappa shape index (κ1) is 15.9. The Morgan fingerprint density at radius 3 is 2.62 bits per heavy atom. The van der Waals surface area contributed by atoms with E-state index in [9.17, 15) is 9.59 Å². The maximum absolute atomic E-state index is 13.0. The lowest BCUT2D eigenvalue weighted by atomic mass is 9.48. The van der Waals surface area contributed by atoms with Crippen molar-refractivity contribution in [3.8, 4) is 0 Å². The average Bonchev–Trinajstić information content (AvgIpc) is 3.18. The molecule has 1 aromatic heterocycles. The lowest BCUT2D eigenvalue weighted by Gasteiger charge is -2.56. The highest BCUT2D eigenvalue weighted by atomic mass is 16.4. The second-order valence-corrected chi connectivity index (χ2v) is 8.38. The van der Waals surface area contributed by atoms with Gasteiger partial charge >= 0.3 is 5.97 Å². The molecule has 136 valence electrons. The number of imidazole rings is 1. The number of nitrogens with zero attached hydrogens (tertiary/aromatic N) is 2. The molecule has 0 bridgehead atoms. The van der Waals surface area contributed by atoms with E-state index in [-0.39, 0.29) is 29.2 Å². The number of aromatic nitrogens is 2. The number of carboxylic acids is 1. The number of rotatable bonds is 3. The van der Waals surface area contributed by atoms with Gasteiger partial charge in [-0.05, 0) is 56.1 Å². The summed E-state index contributed by atoms with van der Waals surface area (Å²) in [6.07, 6.45) is 5.17. The van der Waals surface area contributed by atoms with Gasteiger partial charge in [-0.15, -0.1) is 0 Å². The lowest BCUT2D eigenvalue weighted by molar-refractivity contribution is -0.164. The van der Waals surface area contributed by atoms with Crippen molar-refractivity contribution < 1.29 is 14.7 Å². The van der Waals surface area contributed by atoms with Crippen LogP contribution in [0.15, 0.2) is 24.3 Å². The molecule has 2 heterocycles. The molecule has 2 aromatic rings. The molecule has 3 fully saturated rings. The van der Waals surface area contributed by atoms with Gasteiger partial charge in [0.05, 0.1) is 23.0 Å². The molecule has 6 nitrogen and oxygen atoms in total. The number of nitrogens with one attached hydrogen (secondary N) is 1. The number of carbonyl (C=O) groups excluding carboxylic acids is 1. The number of benzene rings is 1. The number of hydrogen-bond donors (Lipinski definition) is 2. The van der Waals surface area contributed by atoms with Crippen molar-refractivity contribution in [3.63, 3.8) is 0 Å². The Morgan fingerprint density at radius 2 is 1.88 bits per heavy atom. The van der Waals surface area contributed by atoms with Crippen molar-refractivity contribution in [2.24, 2.45) is 17.3 Å². The van der Waals surface area contributed by atoms with Crippen LogP contribution < -0.4 is 0 Å². The second kappa shape index (κ2) is 5.56. The highest BCUT2D eigenvalue weighted by Crippen LogP contribution is 2.61. The Kier molecular flexibility index (Phi) is 3.39. The van der Waals surface area contributed by atoms with E-state index in [2.05, 4.69) is 4.98 Å². The van der Waals surface area contributed by atoms with Crippen LogP contribution in [-0.2, 0) is 9.59 Å². The fraction of sp³-hybridized carbons (Fsp3) is 0.550. The van der Waals surface area contributed by atoms with E-state index in [1.54, 1.807) is 0 Å². The zero-order valence-corrected chi connectivity index (χ0v) is 14.6. The number of para-hydroxylation sites is 2. The first-order valence-electron chi connectivity index (χ1n) is 9.53. The lowest BCUT2D eigenvalue weighted by Crippen LogP contribution is -2.54. The van der Waals surface area contributed by atoms with Gasteiger partial charge in [-0.1, -0.05) is 12.1 Å². The van der Waals surface area contributed by atoms with E-state index in [0.717, 1.165) is 61.9 Å². The van der Waals surface area contributed by atoms with E-state index in [4.69, 9.17) is 10.1 Å². The molecule has 1 saturated heterocycles. The van der Waals surface area contributed by atoms with E-state index in [1.165, 1.54) is 0 Å². The van der Waals surface area contributed by atoms with Gasteiger partial charge in [0.25, 0.3) is 0 Å². The molecule has 2 N–H and O–H groups in total. The third-order valence-corrected chi connectivity index (χ3v) is 6.68. The molecule has 1 amide bonds. The molecule has 1 atom stereocenters. The summed E-state index contributed by atoms with van der Waals surface area (Å²) in [4.78, 5) is 34.1. The molecular formula is C20H23N3O3. The Bertz CT molecular complexity index is 842. The number of amides is 1. The van der Waals surface area contributed by atoms with Crippen LogP contribution in [0.4, 0.5) is 0 Å². The van der Waals surface area contributed by atoms with Crippen molar-refractivity contribution >= 4 is 22.9 Å². The summed E-state index contributed by atoms with van der Waals surface area (Å²) in [7, 11) is 0. The molecule has 1 unspecified atom stereocenters. The van der Waals surface area contributed by atoms with Gasteiger partial charge in [0.15, 0.2) is 0 Å². The fourth-order valence-electron chi connectivity index (χ4n) is 5.33. The number of hydrogen-bond acceptors (Lipinski definition) is 3. The van der Waals surface area contributed by atoms with Gasteiger partial charge in [0.1, 0.15) is 5.82 Å². The summed E-state index contributed by atoms with van der Waals surface area (Å²) < 4.78 is 0. The second-order valence-electron chi connectivity index (χ2n) is 8.38. The minimum absolute atomic E-state index is 0.0413. The summed E-state index contributed by atoms with van der Waals surface area (Å²) in [6, 6.07) is 8.00. The highest BCUT2D eigenvalue weighted by Gasteiger charge is 2.57. The van der Waals surface area contributed by atoms with Gasteiger partial charge in [-0.3, -0.25) is 9.59 Å². The standard InChI is InChI=1S/C20H23N3O3/c24-18(12-8-20(9-12)10-13(11-20)19(25)26)23-7-3-6-16(23)17-21-14-4-1-2-5-15(14)22-17/h1-2,4-5,12-13,16H,3,6-11H2,(H,21,22)(H,25,26). The third-order valence-electron chi connectivity index (χ3n) is 6.68. The molecule has 1 aromatic carbocycles. The van der Waals surface area contributed by atoms with Gasteiger partial charge in [0.2, 0.25) is 5.91 Å². The maximum atomic E-state index is 13.0. The number of carboxylic acid groups (broad SMARTS) is 1. The minimum atomic E-state index is -0.685. The molecule has 26 heavy (non-hydrogen) atoms. The van der Waals surface area contributed by atoms with Crippen LogP contribution in [0, 0.1) is 17.3 Å². The normalized spacial score (nSPS) is 33.2. The van der Waals surface area contributed by atoms with Crippen LogP contribution in [0.25, 0.3) is 11.0 Å². The van der Waals surface area contributed by atoms with Crippen LogP contribution in [0.5, 0.6) is 0 Å². The monoisotopic (exact) mass is 353 g/mol. The third kappa shape index (κ3) is 2.35. The predicted molar refractivity (Wildman–Crippen MR) is 95.3 cm³/mol. The first-order chi connectivity index (χ1) is 12.5. The molecule has 1 aliphatic heterocycles. The van der Waals surface area contributed by atoms with Crippen LogP contribution in [-0.4, -0.2) is 38.4 Å². The fourth-order valence-corrected chi connectivity index (χ4v) is 5.33. The highest BCUT2D eigenvalue weighted by molar-refractivity contribution is 5.81. The number of H-pyrrole nitrogens is 1. The molecule has 2 saturated carbocycles. The van der Waals surface area contributed by atoms with Crippen molar-refractivity contribution in [3.05, 3.63) is 30.1 Å². The molecule has 5 rings (SSSR count). The Labute approximate surface area is 151 Å². The van der Waals surface area contributed by atoms with E-state index >= 15 is 0 Å². The van der Waals surface area contributed by atoms with Crippen molar-refractivity contribution in [2.45, 2.75) is 44.6 Å². The molecule has 3 aliphatic rings. The number of aromatic amines is 1. The van der Waals surface area contributed by atoms with Crippen LogP contribution >= 0.6 is 0 Å². The maximum Gasteiger partial charge on any atom is 0.306 e. The summed E-state index contributed by atoms with van der Waals surface area (Å²) in [5.74, 6) is 0.309. The number of carbonyl (C=O) groups is 2. The Morgan fingerprint density at radius 1 is 1.15 bits per heavy atom. The molecular weight excluding hydrogens is 330 g/mol. The number of fused-ring (bicyclic) bond motifs is 1. The SMILES string of the molecule is O=C(O)C1CC2(C1)CC(C(=O)N1CCCC1c1nc3ccccc3[nH]1)C2. The van der Waals surface area contributed by atoms with Gasteiger partial charge in [-0.25, -0.2) is 4.98 Å². The average molecular weight is 353 g/mol. The smallest absolute Gasteiger partial charge is 0.306 e. The summed E-state index contributed by atoms with van der Waals surface area (Å²) in [6.45, 7) is 0.793. The van der Waals surface area contributed by atoms with Crippen LogP contribution in [0.1, 0.15) is 50.4 Å². The summed E-state index contributed by atoms with van der Waals surface area (Å²) in [5, 5.41) is 9.07. The van der Waals surface area contributed by atoms with Crippen LogP contribution in [0.3, 0.4) is 0 Å². The topological polar surface area (TPSA) is 86.3 Å². The predicted octanol–water partition coefficient (Wildman–Crippen LogP) is 3.12. The Hall–Kier alpha value is -2.37. The van der Waals surface area contributed by atoms with E-state index in [0.29, 0.717) is 0 Å². The zero-order chi connectivity index (χ0) is 17.9. The van der Waals surface area contributed by atoms with Crippen molar-refractivity contribution in [1.82, 2.24) is 14.9 Å². The molecule has 6 heteroatoms. The summed E-state index contributed by atoms with van der Waals surface area (Å²) >= 11 is 0. The zero-order valence-electron chi connectivity index (χ0n) is 14.6. The van der Waals surface area contributed by atoms with Crippen LogP contribution in [0.2, 0.25) is 0 Å². The Balaban J connectivity index is 1.28. The minimum Gasteiger partial charge on any atom is -0.481 e. The largest absolute Gasteiger partial charge is 0.481 e. The van der Waals surface area contributed by atoms with E-state index in [1.807, 2.05) is 29.2 Å². The number of likely N-dealkylation sites (tertiary alicyclic amines) is 1. The van der Waals surface area contributed by atoms with Gasteiger partial charge < -0.3 is 15.0 Å². The molecule has 1 spiro atoms. The van der Waals surface area contributed by atoms with Crippen molar-refractivity contribution in [2.75, 3.05) is 6.54 Å². The molecule has 0 radical (unpaired) electrons. The van der Waals surface area contributed by atoms with Gasteiger partial charge in [-0.2, -0.15) is 0 Å². The van der Waals surface area contributed by atoms with Crippen molar-refractivity contribution in [1.29, 1.82) is 0 Å².